The van der Waals surface area contributed by atoms with Crippen molar-refractivity contribution in [1.82, 2.24) is 10.2 Å². The summed E-state index contributed by atoms with van der Waals surface area (Å²) >= 11 is 5.89. The van der Waals surface area contributed by atoms with Gasteiger partial charge in [-0.2, -0.15) is 0 Å². The molecule has 1 N–H and O–H groups in total. The lowest BCUT2D eigenvalue weighted by atomic mass is 10.1. The number of nitrogens with zero attached hydrogens (tertiary/aromatic N) is 1. The zero-order chi connectivity index (χ0) is 18.5. The fourth-order valence-electron chi connectivity index (χ4n) is 3.00. The van der Waals surface area contributed by atoms with Gasteiger partial charge in [0.2, 0.25) is 0 Å². The first-order valence-corrected chi connectivity index (χ1v) is 9.04. The van der Waals surface area contributed by atoms with Crippen molar-refractivity contribution >= 4 is 23.4 Å². The summed E-state index contributed by atoms with van der Waals surface area (Å²) in [6, 6.07) is 10.9. The van der Waals surface area contributed by atoms with Crippen LogP contribution in [0, 0.1) is 5.82 Å². The van der Waals surface area contributed by atoms with E-state index in [1.807, 2.05) is 17.0 Å². The van der Waals surface area contributed by atoms with E-state index in [9.17, 15) is 14.0 Å². The Bertz CT molecular complexity index is 802. The van der Waals surface area contributed by atoms with Gasteiger partial charge in [0.25, 0.3) is 11.8 Å². The number of hydrogen-bond acceptors (Lipinski definition) is 2. The molecule has 2 aromatic rings. The molecule has 26 heavy (non-hydrogen) atoms. The van der Waals surface area contributed by atoms with Crippen LogP contribution in [0.3, 0.4) is 0 Å². The number of amides is 2. The van der Waals surface area contributed by atoms with Gasteiger partial charge >= 0.3 is 0 Å². The second-order valence-corrected chi connectivity index (χ2v) is 6.76. The van der Waals surface area contributed by atoms with E-state index >= 15 is 0 Å². The van der Waals surface area contributed by atoms with E-state index in [1.165, 1.54) is 18.6 Å². The lowest BCUT2D eigenvalue weighted by Crippen LogP contribution is -2.35. The number of hydrogen-bond donors (Lipinski definition) is 1. The van der Waals surface area contributed by atoms with Gasteiger partial charge < -0.3 is 10.2 Å². The van der Waals surface area contributed by atoms with Crippen molar-refractivity contribution in [2.24, 2.45) is 0 Å². The predicted molar refractivity (Wildman–Crippen MR) is 98.8 cm³/mol. The Labute approximate surface area is 157 Å². The van der Waals surface area contributed by atoms with Crippen LogP contribution in [-0.2, 0) is 6.54 Å². The zero-order valence-electron chi connectivity index (χ0n) is 14.3. The molecule has 6 heteroatoms. The van der Waals surface area contributed by atoms with E-state index < -0.39 is 5.82 Å². The number of halogens is 2. The van der Waals surface area contributed by atoms with Crippen LogP contribution < -0.4 is 5.32 Å². The van der Waals surface area contributed by atoms with Crippen LogP contribution in [0.5, 0.6) is 0 Å². The molecule has 136 valence electrons. The van der Waals surface area contributed by atoms with Crippen LogP contribution >= 0.6 is 11.6 Å². The second-order valence-electron chi connectivity index (χ2n) is 6.36. The minimum absolute atomic E-state index is 0.0541. The number of benzene rings is 2. The largest absolute Gasteiger partial charge is 0.348 e. The lowest BCUT2D eigenvalue weighted by Gasteiger charge is -2.26. The Morgan fingerprint density at radius 1 is 1.04 bits per heavy atom. The van der Waals surface area contributed by atoms with Crippen LogP contribution in [0.25, 0.3) is 0 Å². The van der Waals surface area contributed by atoms with E-state index in [4.69, 9.17) is 11.6 Å². The minimum atomic E-state index is -0.486. The highest BCUT2D eigenvalue weighted by Crippen LogP contribution is 2.17. The van der Waals surface area contributed by atoms with E-state index in [0.717, 1.165) is 37.6 Å². The third-order valence-corrected chi connectivity index (χ3v) is 4.79. The Morgan fingerprint density at radius 2 is 1.73 bits per heavy atom. The molecule has 0 spiro atoms. The van der Waals surface area contributed by atoms with Crippen molar-refractivity contribution in [3.05, 3.63) is 70.0 Å². The summed E-state index contributed by atoms with van der Waals surface area (Å²) in [7, 11) is 0. The average Bonchev–Trinajstić information content (AvgIpc) is 2.66. The third-order valence-electron chi connectivity index (χ3n) is 4.47. The van der Waals surface area contributed by atoms with E-state index in [-0.39, 0.29) is 22.4 Å². The van der Waals surface area contributed by atoms with Gasteiger partial charge in [0.1, 0.15) is 5.82 Å². The first-order chi connectivity index (χ1) is 12.5. The van der Waals surface area contributed by atoms with Gasteiger partial charge in [-0.25, -0.2) is 4.39 Å². The number of nitrogens with one attached hydrogen (secondary N) is 1. The van der Waals surface area contributed by atoms with Gasteiger partial charge in [-0.3, -0.25) is 9.59 Å². The maximum Gasteiger partial charge on any atom is 0.253 e. The molecule has 0 unspecified atom stereocenters. The molecular formula is C20H20ClFN2O2. The standard InChI is InChI=1S/C20H20ClFN2O2/c21-18-12-16(22)8-9-17(18)19(25)23-13-14-4-6-15(7-5-14)20(26)24-10-2-1-3-11-24/h4-9,12H,1-3,10-11,13H2,(H,23,25). The quantitative estimate of drug-likeness (QED) is 0.878. The molecule has 0 saturated carbocycles. The van der Waals surface area contributed by atoms with E-state index in [2.05, 4.69) is 5.32 Å². The monoisotopic (exact) mass is 374 g/mol. The molecule has 1 saturated heterocycles. The Balaban J connectivity index is 1.58. The van der Waals surface area contributed by atoms with Crippen LogP contribution in [0.2, 0.25) is 5.02 Å². The van der Waals surface area contributed by atoms with Crippen molar-refractivity contribution in [3.8, 4) is 0 Å². The van der Waals surface area contributed by atoms with Crippen LogP contribution in [-0.4, -0.2) is 29.8 Å². The Morgan fingerprint density at radius 3 is 2.38 bits per heavy atom. The first kappa shape index (κ1) is 18.4. The molecule has 2 amide bonds. The lowest BCUT2D eigenvalue weighted by molar-refractivity contribution is 0.0724. The molecule has 1 fully saturated rings. The molecule has 3 rings (SSSR count). The molecule has 2 aromatic carbocycles. The molecule has 0 atom stereocenters. The van der Waals surface area contributed by atoms with Gasteiger partial charge in [0.05, 0.1) is 10.6 Å². The second kappa shape index (κ2) is 8.32. The van der Waals surface area contributed by atoms with Gasteiger partial charge in [-0.05, 0) is 55.2 Å². The highest BCUT2D eigenvalue weighted by molar-refractivity contribution is 6.33. The minimum Gasteiger partial charge on any atom is -0.348 e. The Kier molecular flexibility index (Phi) is 5.89. The smallest absolute Gasteiger partial charge is 0.253 e. The molecule has 0 bridgehead atoms. The maximum absolute atomic E-state index is 13.1. The molecule has 1 heterocycles. The van der Waals surface area contributed by atoms with Crippen molar-refractivity contribution < 1.29 is 14.0 Å². The summed E-state index contributed by atoms with van der Waals surface area (Å²) < 4.78 is 13.1. The van der Waals surface area contributed by atoms with Gasteiger partial charge in [-0.1, -0.05) is 23.7 Å². The number of piperidine rings is 1. The maximum atomic E-state index is 13.1. The molecule has 4 nitrogen and oxygen atoms in total. The third kappa shape index (κ3) is 4.41. The SMILES string of the molecule is O=C(NCc1ccc(C(=O)N2CCCCC2)cc1)c1ccc(F)cc1Cl. The van der Waals surface area contributed by atoms with Crippen molar-refractivity contribution in [3.63, 3.8) is 0 Å². The van der Waals surface area contributed by atoms with Crippen molar-refractivity contribution in [2.75, 3.05) is 13.1 Å². The summed E-state index contributed by atoms with van der Waals surface area (Å²) in [5, 5.41) is 2.82. The number of carbonyl (C=O) groups is 2. The van der Waals surface area contributed by atoms with Gasteiger partial charge in [0.15, 0.2) is 0 Å². The first-order valence-electron chi connectivity index (χ1n) is 8.66. The van der Waals surface area contributed by atoms with Gasteiger partial charge in [0, 0.05) is 25.2 Å². The molecule has 1 aliphatic rings. The van der Waals surface area contributed by atoms with Crippen LogP contribution in [0.15, 0.2) is 42.5 Å². The zero-order valence-corrected chi connectivity index (χ0v) is 15.1. The van der Waals surface area contributed by atoms with Gasteiger partial charge in [-0.15, -0.1) is 0 Å². The van der Waals surface area contributed by atoms with E-state index in [0.29, 0.717) is 12.1 Å². The number of likely N-dealkylation sites (tertiary alicyclic amines) is 1. The number of carbonyl (C=O) groups excluding carboxylic acids is 2. The number of rotatable bonds is 4. The highest BCUT2D eigenvalue weighted by atomic mass is 35.5. The average molecular weight is 375 g/mol. The fourth-order valence-corrected chi connectivity index (χ4v) is 3.25. The Hall–Kier alpha value is -2.40. The normalized spacial score (nSPS) is 14.2. The van der Waals surface area contributed by atoms with Crippen molar-refractivity contribution in [2.45, 2.75) is 25.8 Å². The molecule has 1 aliphatic heterocycles. The highest BCUT2D eigenvalue weighted by Gasteiger charge is 2.18. The topological polar surface area (TPSA) is 49.4 Å². The summed E-state index contributed by atoms with van der Waals surface area (Å²) in [5.74, 6) is -0.803. The molecule has 0 aliphatic carbocycles. The summed E-state index contributed by atoms with van der Waals surface area (Å²) in [6.07, 6.45) is 3.30. The predicted octanol–water partition coefficient (Wildman–Crippen LogP) is 4.04. The fraction of sp³-hybridized carbons (Fsp3) is 0.300. The summed E-state index contributed by atoms with van der Waals surface area (Å²) in [4.78, 5) is 26.5. The summed E-state index contributed by atoms with van der Waals surface area (Å²) in [5.41, 5.74) is 1.75. The molecule has 0 radical (unpaired) electrons. The van der Waals surface area contributed by atoms with Crippen LogP contribution in [0.4, 0.5) is 4.39 Å². The molecular weight excluding hydrogens is 355 g/mol. The molecule has 0 aromatic heterocycles. The van der Waals surface area contributed by atoms with Crippen molar-refractivity contribution in [1.29, 1.82) is 0 Å². The van der Waals surface area contributed by atoms with Crippen LogP contribution in [0.1, 0.15) is 45.5 Å². The van der Waals surface area contributed by atoms with E-state index in [1.54, 1.807) is 12.1 Å². The summed E-state index contributed by atoms with van der Waals surface area (Å²) in [6.45, 7) is 1.93.